The van der Waals surface area contributed by atoms with Gasteiger partial charge in [-0.2, -0.15) is 4.31 Å². The topological polar surface area (TPSA) is 118 Å². The summed E-state index contributed by atoms with van der Waals surface area (Å²) in [5.41, 5.74) is 0.344. The van der Waals surface area contributed by atoms with Gasteiger partial charge in [0.2, 0.25) is 21.0 Å². The Morgan fingerprint density at radius 2 is 1.85 bits per heavy atom. The third-order valence-corrected chi connectivity index (χ3v) is 6.24. The van der Waals surface area contributed by atoms with E-state index in [2.05, 4.69) is 15.3 Å². The van der Waals surface area contributed by atoms with Crippen molar-refractivity contribution >= 4 is 33.1 Å². The first-order valence-corrected chi connectivity index (χ1v) is 9.69. The van der Waals surface area contributed by atoms with E-state index in [1.54, 1.807) is 12.1 Å². The summed E-state index contributed by atoms with van der Waals surface area (Å²) in [4.78, 5) is 18.1. The first kappa shape index (κ1) is 18.5. The van der Waals surface area contributed by atoms with Crippen LogP contribution >= 0.6 is 11.6 Å². The Hall–Kier alpha value is -2.30. The molecule has 2 heterocycles. The van der Waals surface area contributed by atoms with Crippen LogP contribution in [0.25, 0.3) is 0 Å². The van der Waals surface area contributed by atoms with Crippen LogP contribution in [-0.2, 0) is 16.6 Å². The highest BCUT2D eigenvalue weighted by Gasteiger charge is 2.27. The second kappa shape index (κ2) is 7.52. The van der Waals surface area contributed by atoms with Crippen molar-refractivity contribution in [3.63, 3.8) is 0 Å². The number of sulfonamides is 1. The molecular weight excluding hydrogens is 382 g/mol. The highest BCUT2D eigenvalue weighted by Crippen LogP contribution is 2.28. The van der Waals surface area contributed by atoms with Gasteiger partial charge in [0.15, 0.2) is 0 Å². The molecule has 0 spiro atoms. The van der Waals surface area contributed by atoms with E-state index in [1.807, 2.05) is 0 Å². The van der Waals surface area contributed by atoms with Gasteiger partial charge in [-0.3, -0.25) is 10.1 Å². The lowest BCUT2D eigenvalue weighted by atomic mass is 10.2. The maximum Gasteiger partial charge on any atom is 0.348 e. The predicted octanol–water partition coefficient (Wildman–Crippen LogP) is 2.43. The van der Waals surface area contributed by atoms with Crippen molar-refractivity contribution in [2.75, 3.05) is 18.4 Å². The zero-order valence-electron chi connectivity index (χ0n) is 13.6. The van der Waals surface area contributed by atoms with Gasteiger partial charge < -0.3 is 5.32 Å². The van der Waals surface area contributed by atoms with Crippen molar-refractivity contribution in [1.82, 2.24) is 14.3 Å². The maximum absolute atomic E-state index is 12.5. The second-order valence-electron chi connectivity index (χ2n) is 5.73. The summed E-state index contributed by atoms with van der Waals surface area (Å²) in [6, 6.07) is 6.38. The molecule has 1 fully saturated rings. The van der Waals surface area contributed by atoms with E-state index in [4.69, 9.17) is 11.6 Å². The van der Waals surface area contributed by atoms with Gasteiger partial charge in [-0.1, -0.05) is 23.7 Å². The van der Waals surface area contributed by atoms with E-state index in [0.29, 0.717) is 13.1 Å². The number of nitrogens with zero attached hydrogens (tertiary/aromatic N) is 4. The van der Waals surface area contributed by atoms with Gasteiger partial charge in [0, 0.05) is 19.6 Å². The Kier molecular flexibility index (Phi) is 5.35. The summed E-state index contributed by atoms with van der Waals surface area (Å²) in [6.07, 6.45) is 2.88. The fourth-order valence-corrected chi connectivity index (χ4v) is 4.41. The van der Waals surface area contributed by atoms with Crippen molar-refractivity contribution < 1.29 is 13.3 Å². The van der Waals surface area contributed by atoms with Gasteiger partial charge in [0.1, 0.15) is 6.33 Å². The molecule has 1 aliphatic heterocycles. The van der Waals surface area contributed by atoms with Crippen LogP contribution in [0.1, 0.15) is 18.4 Å². The summed E-state index contributed by atoms with van der Waals surface area (Å²) in [5, 5.41) is 13.6. The smallest absolute Gasteiger partial charge is 0.348 e. The van der Waals surface area contributed by atoms with Crippen LogP contribution in [0.5, 0.6) is 0 Å². The number of aromatic nitrogens is 2. The number of hydrogen-bond donors (Lipinski definition) is 1. The number of benzene rings is 1. The third-order valence-electron chi connectivity index (χ3n) is 4.05. The Morgan fingerprint density at radius 1 is 1.19 bits per heavy atom. The largest absolute Gasteiger partial charge is 0.360 e. The summed E-state index contributed by atoms with van der Waals surface area (Å²) < 4.78 is 26.5. The number of nitro groups is 1. The molecule has 11 heteroatoms. The molecule has 0 bridgehead atoms. The lowest BCUT2D eigenvalue weighted by Gasteiger charge is -2.15. The van der Waals surface area contributed by atoms with E-state index in [0.717, 1.165) is 24.7 Å². The van der Waals surface area contributed by atoms with Crippen LogP contribution in [0, 0.1) is 10.1 Å². The van der Waals surface area contributed by atoms with Gasteiger partial charge in [-0.15, -0.1) is 0 Å². The van der Waals surface area contributed by atoms with Crippen molar-refractivity contribution in [2.45, 2.75) is 24.3 Å². The van der Waals surface area contributed by atoms with Crippen LogP contribution in [0.4, 0.5) is 11.5 Å². The Balaban J connectivity index is 1.73. The molecule has 0 amide bonds. The first-order chi connectivity index (χ1) is 12.4. The fourth-order valence-electron chi connectivity index (χ4n) is 2.69. The first-order valence-electron chi connectivity index (χ1n) is 7.87. The van der Waals surface area contributed by atoms with E-state index in [-0.39, 0.29) is 22.4 Å². The molecule has 1 aromatic carbocycles. The molecule has 3 rings (SSSR count). The second-order valence-corrected chi connectivity index (χ2v) is 8.02. The van der Waals surface area contributed by atoms with Crippen molar-refractivity contribution in [2.24, 2.45) is 0 Å². The minimum atomic E-state index is -3.46. The number of halogens is 1. The van der Waals surface area contributed by atoms with Gasteiger partial charge in [0.25, 0.3) is 0 Å². The van der Waals surface area contributed by atoms with Crippen LogP contribution in [-0.4, -0.2) is 40.7 Å². The normalized spacial score (nSPS) is 15.1. The molecule has 0 radical (unpaired) electrons. The molecule has 9 nitrogen and oxygen atoms in total. The highest BCUT2D eigenvalue weighted by atomic mass is 35.5. The van der Waals surface area contributed by atoms with Gasteiger partial charge >= 0.3 is 5.69 Å². The molecule has 26 heavy (non-hydrogen) atoms. The predicted molar refractivity (Wildman–Crippen MR) is 95.5 cm³/mol. The van der Waals surface area contributed by atoms with Crippen molar-refractivity contribution in [1.29, 1.82) is 0 Å². The molecule has 0 unspecified atom stereocenters. The molecule has 1 N–H and O–H groups in total. The molecule has 138 valence electrons. The number of hydrogen-bond acceptors (Lipinski definition) is 7. The van der Waals surface area contributed by atoms with Crippen LogP contribution in [0.2, 0.25) is 5.15 Å². The number of rotatable bonds is 6. The lowest BCUT2D eigenvalue weighted by molar-refractivity contribution is -0.384. The van der Waals surface area contributed by atoms with Crippen molar-refractivity contribution in [3.05, 3.63) is 51.4 Å². The zero-order chi connectivity index (χ0) is 18.7. The van der Waals surface area contributed by atoms with E-state index in [1.165, 1.54) is 16.4 Å². The van der Waals surface area contributed by atoms with Crippen LogP contribution < -0.4 is 5.32 Å². The van der Waals surface area contributed by atoms with Crippen molar-refractivity contribution in [3.8, 4) is 0 Å². The molecule has 0 aliphatic carbocycles. The Labute approximate surface area is 155 Å². The molecule has 1 aliphatic rings. The zero-order valence-corrected chi connectivity index (χ0v) is 15.2. The van der Waals surface area contributed by atoms with E-state index in [9.17, 15) is 18.5 Å². The average Bonchev–Trinajstić information content (AvgIpc) is 3.15. The van der Waals surface area contributed by atoms with Gasteiger partial charge in [0.05, 0.1) is 9.82 Å². The lowest BCUT2D eigenvalue weighted by Crippen LogP contribution is -2.27. The number of nitrogens with one attached hydrogen (secondary N) is 1. The SMILES string of the molecule is O=[N+]([O-])c1c(Cl)ncnc1NCc1ccc(S(=O)(=O)N2CCCC2)cc1. The molecule has 0 atom stereocenters. The summed E-state index contributed by atoms with van der Waals surface area (Å²) in [5.74, 6) is 0.00349. The van der Waals surface area contributed by atoms with E-state index < -0.39 is 20.6 Å². The minimum Gasteiger partial charge on any atom is -0.360 e. The average molecular weight is 398 g/mol. The maximum atomic E-state index is 12.5. The Bertz CT molecular complexity index is 914. The monoisotopic (exact) mass is 397 g/mol. The van der Waals surface area contributed by atoms with Crippen LogP contribution in [0.3, 0.4) is 0 Å². The molecule has 0 saturated carbocycles. The molecule has 2 aromatic rings. The fraction of sp³-hybridized carbons (Fsp3) is 0.333. The van der Waals surface area contributed by atoms with E-state index >= 15 is 0 Å². The third kappa shape index (κ3) is 3.76. The Morgan fingerprint density at radius 3 is 2.46 bits per heavy atom. The van der Waals surface area contributed by atoms with Gasteiger partial charge in [-0.25, -0.2) is 18.4 Å². The summed E-state index contributed by atoms with van der Waals surface area (Å²) in [6.45, 7) is 1.31. The molecule has 1 saturated heterocycles. The standard InChI is InChI=1S/C15H16ClN5O4S/c16-14-13(21(22)23)15(19-10-18-14)17-9-11-3-5-12(6-4-11)26(24,25)20-7-1-2-8-20/h3-6,10H,1-2,7-9H2,(H,17,18,19). The molecule has 1 aromatic heterocycles. The quantitative estimate of drug-likeness (QED) is 0.451. The number of anilines is 1. The minimum absolute atomic E-state index is 0.00349. The highest BCUT2D eigenvalue weighted by molar-refractivity contribution is 7.89. The summed E-state index contributed by atoms with van der Waals surface area (Å²) >= 11 is 5.74. The summed E-state index contributed by atoms with van der Waals surface area (Å²) in [7, 11) is -3.46. The van der Waals surface area contributed by atoms with Crippen LogP contribution in [0.15, 0.2) is 35.5 Å². The van der Waals surface area contributed by atoms with Gasteiger partial charge in [-0.05, 0) is 30.5 Å². The molecular formula is C15H16ClN5O4S.